The van der Waals surface area contributed by atoms with Gasteiger partial charge in [-0.15, -0.1) is 0 Å². The van der Waals surface area contributed by atoms with Gasteiger partial charge in [-0.05, 0) is 64.5 Å². The van der Waals surface area contributed by atoms with Crippen LogP contribution in [-0.4, -0.2) is 30.3 Å². The average Bonchev–Trinajstić information content (AvgIpc) is 2.83. The van der Waals surface area contributed by atoms with Crippen molar-refractivity contribution in [1.82, 2.24) is 4.90 Å². The first-order chi connectivity index (χ1) is 11.2. The quantitative estimate of drug-likeness (QED) is 0.280. The zero-order valence-corrected chi connectivity index (χ0v) is 15.8. The molecule has 0 radical (unpaired) electrons. The Balaban J connectivity index is 2.45. The number of likely N-dealkylation sites (tertiary alicyclic amines) is 1. The molecule has 1 heterocycles. The maximum Gasteiger partial charge on any atom is 0.122 e. The molecule has 0 spiro atoms. The first kappa shape index (κ1) is 20.4. The number of rotatable bonds is 11. The molecule has 3 atom stereocenters. The summed E-state index contributed by atoms with van der Waals surface area (Å²) in [5.74, 6) is 0.970. The second kappa shape index (κ2) is 12.8. The smallest absolute Gasteiger partial charge is 0.122 e. The van der Waals surface area contributed by atoms with E-state index in [0.29, 0.717) is 6.04 Å². The van der Waals surface area contributed by atoms with Crippen molar-refractivity contribution < 1.29 is 4.79 Å². The van der Waals surface area contributed by atoms with E-state index in [0.717, 1.165) is 18.6 Å². The molecular weight excluding hydrogens is 282 g/mol. The number of unbranched alkanes of at least 4 members (excludes halogenated alkanes) is 2. The maximum atomic E-state index is 11.1. The SMILES string of the molecule is CC=CCCCCC(C)CC(CC(C)C=O)N1CCCCCC1. The van der Waals surface area contributed by atoms with E-state index in [1.165, 1.54) is 70.9 Å². The highest BCUT2D eigenvalue weighted by Crippen LogP contribution is 2.25. The van der Waals surface area contributed by atoms with E-state index < -0.39 is 0 Å². The van der Waals surface area contributed by atoms with Crippen LogP contribution in [0.25, 0.3) is 0 Å². The van der Waals surface area contributed by atoms with Crippen LogP contribution >= 0.6 is 0 Å². The molecule has 2 heteroatoms. The van der Waals surface area contributed by atoms with Crippen LogP contribution in [-0.2, 0) is 4.79 Å². The number of hydrogen-bond acceptors (Lipinski definition) is 2. The molecule has 1 aliphatic heterocycles. The molecule has 1 saturated heterocycles. The first-order valence-corrected chi connectivity index (χ1v) is 9.97. The predicted molar refractivity (Wildman–Crippen MR) is 101 cm³/mol. The van der Waals surface area contributed by atoms with Crippen LogP contribution in [0.4, 0.5) is 0 Å². The molecule has 2 nitrogen and oxygen atoms in total. The molecule has 0 N–H and O–H groups in total. The Morgan fingerprint density at radius 3 is 2.30 bits per heavy atom. The predicted octanol–water partition coefficient (Wildman–Crippen LogP) is 5.62. The van der Waals surface area contributed by atoms with Crippen LogP contribution in [0.15, 0.2) is 12.2 Å². The second-order valence-corrected chi connectivity index (χ2v) is 7.65. The van der Waals surface area contributed by atoms with Gasteiger partial charge < -0.3 is 9.69 Å². The number of hydrogen-bond donors (Lipinski definition) is 0. The molecule has 0 amide bonds. The van der Waals surface area contributed by atoms with Crippen LogP contribution in [0.1, 0.15) is 85.0 Å². The second-order valence-electron chi connectivity index (χ2n) is 7.65. The Hall–Kier alpha value is -0.630. The largest absolute Gasteiger partial charge is 0.303 e. The van der Waals surface area contributed by atoms with Crippen molar-refractivity contribution in [3.8, 4) is 0 Å². The zero-order valence-electron chi connectivity index (χ0n) is 15.8. The van der Waals surface area contributed by atoms with Crippen molar-refractivity contribution >= 4 is 6.29 Å². The molecule has 134 valence electrons. The molecule has 23 heavy (non-hydrogen) atoms. The van der Waals surface area contributed by atoms with Crippen molar-refractivity contribution in [3.05, 3.63) is 12.2 Å². The fourth-order valence-electron chi connectivity index (χ4n) is 3.84. The average molecular weight is 322 g/mol. The highest BCUT2D eigenvalue weighted by atomic mass is 16.1. The third-order valence-electron chi connectivity index (χ3n) is 5.26. The summed E-state index contributed by atoms with van der Waals surface area (Å²) < 4.78 is 0. The number of nitrogens with zero attached hydrogens (tertiary/aromatic N) is 1. The summed E-state index contributed by atoms with van der Waals surface area (Å²) in [6.45, 7) is 9.07. The van der Waals surface area contributed by atoms with Crippen LogP contribution in [0.5, 0.6) is 0 Å². The molecule has 0 saturated carbocycles. The van der Waals surface area contributed by atoms with Crippen molar-refractivity contribution in [2.45, 2.75) is 91.0 Å². The Morgan fingerprint density at radius 2 is 1.70 bits per heavy atom. The van der Waals surface area contributed by atoms with Gasteiger partial charge in [0.15, 0.2) is 0 Å². The summed E-state index contributed by atoms with van der Waals surface area (Å²) in [5, 5.41) is 0. The van der Waals surface area contributed by atoms with Crippen LogP contribution in [0, 0.1) is 11.8 Å². The summed E-state index contributed by atoms with van der Waals surface area (Å²) in [6.07, 6.45) is 18.5. The Bertz CT molecular complexity index is 318. The van der Waals surface area contributed by atoms with E-state index in [1.807, 2.05) is 0 Å². The van der Waals surface area contributed by atoms with E-state index in [9.17, 15) is 4.79 Å². The Kier molecular flexibility index (Phi) is 11.3. The van der Waals surface area contributed by atoms with Crippen molar-refractivity contribution in [1.29, 1.82) is 0 Å². The number of carbonyl (C=O) groups is 1. The molecular formula is C21H39NO. The highest BCUT2D eigenvalue weighted by Gasteiger charge is 2.23. The van der Waals surface area contributed by atoms with Crippen molar-refractivity contribution in [3.63, 3.8) is 0 Å². The summed E-state index contributed by atoms with van der Waals surface area (Å²) in [6, 6.07) is 0.610. The molecule has 0 aliphatic carbocycles. The minimum absolute atomic E-state index is 0.199. The third kappa shape index (κ3) is 9.30. The van der Waals surface area contributed by atoms with Gasteiger partial charge in [-0.25, -0.2) is 0 Å². The van der Waals surface area contributed by atoms with E-state index in [1.54, 1.807) is 0 Å². The number of aldehydes is 1. The lowest BCUT2D eigenvalue weighted by atomic mass is 9.90. The molecule has 0 aromatic heterocycles. The van der Waals surface area contributed by atoms with Crippen LogP contribution in [0.2, 0.25) is 0 Å². The first-order valence-electron chi connectivity index (χ1n) is 9.97. The topological polar surface area (TPSA) is 20.3 Å². The summed E-state index contributed by atoms with van der Waals surface area (Å²) in [4.78, 5) is 13.8. The van der Waals surface area contributed by atoms with Gasteiger partial charge in [0.05, 0.1) is 0 Å². The Morgan fingerprint density at radius 1 is 1.00 bits per heavy atom. The lowest BCUT2D eigenvalue weighted by molar-refractivity contribution is -0.111. The lowest BCUT2D eigenvalue weighted by Gasteiger charge is -2.33. The monoisotopic (exact) mass is 321 g/mol. The standard InChI is InChI=1S/C21H39NO/c1-4-5-6-7-10-13-19(2)16-21(17-20(3)18-23)22-14-11-8-9-12-15-22/h4-5,18-21H,6-17H2,1-3H3. The van der Waals surface area contributed by atoms with E-state index in [4.69, 9.17) is 0 Å². The van der Waals surface area contributed by atoms with E-state index in [-0.39, 0.29) is 5.92 Å². The summed E-state index contributed by atoms with van der Waals surface area (Å²) in [7, 11) is 0. The van der Waals surface area contributed by atoms with Crippen molar-refractivity contribution in [2.75, 3.05) is 13.1 Å². The maximum absolute atomic E-state index is 11.1. The highest BCUT2D eigenvalue weighted by molar-refractivity contribution is 5.52. The summed E-state index contributed by atoms with van der Waals surface area (Å²) >= 11 is 0. The lowest BCUT2D eigenvalue weighted by Crippen LogP contribution is -2.38. The molecule has 0 aromatic rings. The van der Waals surface area contributed by atoms with Gasteiger partial charge in [0.2, 0.25) is 0 Å². The van der Waals surface area contributed by atoms with Crippen LogP contribution in [0.3, 0.4) is 0 Å². The van der Waals surface area contributed by atoms with Gasteiger partial charge in [0, 0.05) is 12.0 Å². The van der Waals surface area contributed by atoms with Gasteiger partial charge in [-0.2, -0.15) is 0 Å². The van der Waals surface area contributed by atoms with Gasteiger partial charge in [-0.3, -0.25) is 0 Å². The fourth-order valence-corrected chi connectivity index (χ4v) is 3.84. The van der Waals surface area contributed by atoms with Gasteiger partial charge in [0.25, 0.3) is 0 Å². The summed E-state index contributed by atoms with van der Waals surface area (Å²) in [5.41, 5.74) is 0. The fraction of sp³-hybridized carbons (Fsp3) is 0.857. The van der Waals surface area contributed by atoms with Gasteiger partial charge >= 0.3 is 0 Å². The Labute approximate surface area is 144 Å². The molecule has 3 unspecified atom stereocenters. The van der Waals surface area contributed by atoms with E-state index in [2.05, 4.69) is 37.8 Å². The number of allylic oxidation sites excluding steroid dienone is 2. The molecule has 1 fully saturated rings. The number of carbonyl (C=O) groups excluding carboxylic acids is 1. The minimum atomic E-state index is 0.199. The normalized spacial score (nSPS) is 21.0. The molecule has 1 rings (SSSR count). The molecule has 0 bridgehead atoms. The minimum Gasteiger partial charge on any atom is -0.303 e. The van der Waals surface area contributed by atoms with Gasteiger partial charge in [-0.1, -0.05) is 51.7 Å². The van der Waals surface area contributed by atoms with E-state index >= 15 is 0 Å². The third-order valence-corrected chi connectivity index (χ3v) is 5.26. The van der Waals surface area contributed by atoms with Gasteiger partial charge in [0.1, 0.15) is 6.29 Å². The zero-order chi connectivity index (χ0) is 16.9. The molecule has 1 aliphatic rings. The van der Waals surface area contributed by atoms with Crippen molar-refractivity contribution in [2.24, 2.45) is 11.8 Å². The van der Waals surface area contributed by atoms with Crippen LogP contribution < -0.4 is 0 Å². The molecule has 0 aromatic carbocycles.